The van der Waals surface area contributed by atoms with Crippen molar-refractivity contribution in [2.75, 3.05) is 20.1 Å². The first-order valence-electron chi connectivity index (χ1n) is 10.1. The van der Waals surface area contributed by atoms with Crippen LogP contribution in [0.25, 0.3) is 17.1 Å². The number of imide groups is 1. The summed E-state index contributed by atoms with van der Waals surface area (Å²) in [6, 6.07) is 4.97. The Morgan fingerprint density at radius 2 is 1.81 bits per heavy atom. The number of nitrogens with zero attached hydrogens (tertiary/aromatic N) is 7. The summed E-state index contributed by atoms with van der Waals surface area (Å²) in [4.78, 5) is 52.9. The lowest BCUT2D eigenvalue weighted by Crippen LogP contribution is -2.55. The van der Waals surface area contributed by atoms with Crippen LogP contribution in [0.3, 0.4) is 0 Å². The number of carbonyl (C=O) groups is 3. The van der Waals surface area contributed by atoms with Crippen molar-refractivity contribution in [1.29, 1.82) is 0 Å². The predicted octanol–water partition coefficient (Wildman–Crippen LogP) is 0.881. The summed E-state index contributed by atoms with van der Waals surface area (Å²) in [5, 5.41) is 7.30. The van der Waals surface area contributed by atoms with Gasteiger partial charge in [-0.25, -0.2) is 14.5 Å². The zero-order valence-electron chi connectivity index (χ0n) is 17.3. The third-order valence-electron chi connectivity index (χ3n) is 5.94. The van der Waals surface area contributed by atoms with Gasteiger partial charge >= 0.3 is 6.03 Å². The number of nitrogens with one attached hydrogen (secondary N) is 1. The fourth-order valence-corrected chi connectivity index (χ4v) is 4.14. The van der Waals surface area contributed by atoms with Gasteiger partial charge in [0.2, 0.25) is 0 Å². The lowest BCUT2D eigenvalue weighted by molar-refractivity contribution is -0.131. The molecular formula is C21H20N8O3. The van der Waals surface area contributed by atoms with Gasteiger partial charge in [-0.2, -0.15) is 5.10 Å². The van der Waals surface area contributed by atoms with Crippen LogP contribution in [-0.4, -0.2) is 78.1 Å². The maximum Gasteiger partial charge on any atom is 0.324 e. The molecule has 3 aromatic heterocycles. The van der Waals surface area contributed by atoms with Crippen LogP contribution in [0.15, 0.2) is 49.2 Å². The minimum absolute atomic E-state index is 0.247. The molecule has 11 heteroatoms. The highest BCUT2D eigenvalue weighted by Crippen LogP contribution is 2.30. The molecule has 0 saturated carbocycles. The number of piperidine rings is 1. The highest BCUT2D eigenvalue weighted by Gasteiger charge is 2.51. The van der Waals surface area contributed by atoms with Crippen molar-refractivity contribution in [3.05, 3.63) is 54.9 Å². The third kappa shape index (κ3) is 3.18. The molecule has 2 fully saturated rings. The van der Waals surface area contributed by atoms with Crippen molar-refractivity contribution in [3.8, 4) is 17.1 Å². The molecule has 0 aromatic carbocycles. The first-order valence-corrected chi connectivity index (χ1v) is 10.1. The Kier molecular flexibility index (Phi) is 4.65. The molecule has 0 unspecified atom stereocenters. The summed E-state index contributed by atoms with van der Waals surface area (Å²) < 4.78 is 1.58. The van der Waals surface area contributed by atoms with E-state index in [4.69, 9.17) is 0 Å². The molecule has 1 N–H and O–H groups in total. The van der Waals surface area contributed by atoms with Gasteiger partial charge in [0, 0.05) is 50.5 Å². The summed E-state index contributed by atoms with van der Waals surface area (Å²) >= 11 is 0. The van der Waals surface area contributed by atoms with Crippen molar-refractivity contribution < 1.29 is 14.4 Å². The largest absolute Gasteiger partial charge is 0.337 e. The minimum Gasteiger partial charge on any atom is -0.337 e. The number of aromatic nitrogens is 5. The number of hydrogen-bond donors (Lipinski definition) is 1. The number of pyridine rings is 1. The van der Waals surface area contributed by atoms with E-state index >= 15 is 0 Å². The van der Waals surface area contributed by atoms with E-state index in [2.05, 4.69) is 25.4 Å². The Labute approximate surface area is 183 Å². The molecule has 5 rings (SSSR count). The Bertz CT molecular complexity index is 1130. The number of rotatable bonds is 3. The van der Waals surface area contributed by atoms with Crippen LogP contribution < -0.4 is 5.32 Å². The first kappa shape index (κ1) is 19.8. The number of amides is 4. The van der Waals surface area contributed by atoms with Gasteiger partial charge in [-0.15, -0.1) is 0 Å². The van der Waals surface area contributed by atoms with Crippen LogP contribution >= 0.6 is 0 Å². The van der Waals surface area contributed by atoms with E-state index in [1.165, 1.54) is 7.05 Å². The second kappa shape index (κ2) is 7.52. The van der Waals surface area contributed by atoms with E-state index in [-0.39, 0.29) is 17.5 Å². The van der Waals surface area contributed by atoms with Crippen LogP contribution in [0.1, 0.15) is 23.3 Å². The SMILES string of the molecule is CN1C(=O)NC2(CCN(C(=O)c3cc(-c4ccncc4)n(-c4cnccn4)n3)CC2)C1=O. The fourth-order valence-electron chi connectivity index (χ4n) is 4.14. The van der Waals surface area contributed by atoms with Gasteiger partial charge in [-0.3, -0.25) is 24.5 Å². The summed E-state index contributed by atoms with van der Waals surface area (Å²) in [5.41, 5.74) is 0.850. The maximum atomic E-state index is 13.3. The molecule has 11 nitrogen and oxygen atoms in total. The van der Waals surface area contributed by atoms with Gasteiger partial charge in [-0.05, 0) is 31.0 Å². The third-order valence-corrected chi connectivity index (χ3v) is 5.94. The molecule has 0 bridgehead atoms. The van der Waals surface area contributed by atoms with Gasteiger partial charge in [-0.1, -0.05) is 0 Å². The molecule has 3 aromatic rings. The molecule has 2 aliphatic rings. The van der Waals surface area contributed by atoms with E-state index in [1.807, 2.05) is 12.1 Å². The van der Waals surface area contributed by atoms with Crippen LogP contribution in [-0.2, 0) is 4.79 Å². The Morgan fingerprint density at radius 3 is 2.44 bits per heavy atom. The number of likely N-dealkylation sites (tertiary alicyclic amines) is 1. The van der Waals surface area contributed by atoms with Crippen molar-refractivity contribution >= 4 is 17.8 Å². The van der Waals surface area contributed by atoms with Gasteiger partial charge in [0.25, 0.3) is 11.8 Å². The van der Waals surface area contributed by atoms with Crippen molar-refractivity contribution in [3.63, 3.8) is 0 Å². The number of urea groups is 1. The Hall–Kier alpha value is -4.15. The van der Waals surface area contributed by atoms with Crippen LogP contribution in [0.4, 0.5) is 4.79 Å². The number of carbonyl (C=O) groups excluding carboxylic acids is 3. The van der Waals surface area contributed by atoms with E-state index in [0.717, 1.165) is 10.5 Å². The summed E-state index contributed by atoms with van der Waals surface area (Å²) in [6.45, 7) is 0.669. The first-order chi connectivity index (χ1) is 15.5. The summed E-state index contributed by atoms with van der Waals surface area (Å²) in [6.07, 6.45) is 8.74. The average Bonchev–Trinajstić information content (AvgIpc) is 3.37. The molecule has 4 amide bonds. The van der Waals surface area contributed by atoms with E-state index in [9.17, 15) is 14.4 Å². The molecule has 162 valence electrons. The molecule has 0 atom stereocenters. The quantitative estimate of drug-likeness (QED) is 0.609. The second-order valence-corrected chi connectivity index (χ2v) is 7.79. The molecule has 0 radical (unpaired) electrons. The van der Waals surface area contributed by atoms with Gasteiger partial charge < -0.3 is 10.2 Å². The van der Waals surface area contributed by atoms with Crippen molar-refractivity contribution in [1.82, 2.24) is 39.8 Å². The van der Waals surface area contributed by atoms with E-state index in [1.54, 1.807) is 46.6 Å². The summed E-state index contributed by atoms with van der Waals surface area (Å²) in [7, 11) is 1.46. The normalized spacial score (nSPS) is 17.7. The predicted molar refractivity (Wildman–Crippen MR) is 112 cm³/mol. The highest BCUT2D eigenvalue weighted by atomic mass is 16.2. The smallest absolute Gasteiger partial charge is 0.324 e. The van der Waals surface area contributed by atoms with Gasteiger partial charge in [0.15, 0.2) is 11.5 Å². The number of likely N-dealkylation sites (N-methyl/N-ethyl adjacent to an activating group) is 1. The van der Waals surface area contributed by atoms with Crippen LogP contribution in [0.2, 0.25) is 0 Å². The minimum atomic E-state index is -0.927. The lowest BCUT2D eigenvalue weighted by Gasteiger charge is -2.36. The van der Waals surface area contributed by atoms with Gasteiger partial charge in [0.05, 0.1) is 11.9 Å². The number of hydrogen-bond acceptors (Lipinski definition) is 7. The van der Waals surface area contributed by atoms with Crippen molar-refractivity contribution in [2.24, 2.45) is 0 Å². The monoisotopic (exact) mass is 432 g/mol. The molecule has 0 aliphatic carbocycles. The van der Waals surface area contributed by atoms with Crippen LogP contribution in [0.5, 0.6) is 0 Å². The maximum absolute atomic E-state index is 13.3. The Morgan fingerprint density at radius 1 is 1.06 bits per heavy atom. The van der Waals surface area contributed by atoms with E-state index in [0.29, 0.717) is 37.4 Å². The molecule has 5 heterocycles. The topological polar surface area (TPSA) is 126 Å². The zero-order valence-corrected chi connectivity index (χ0v) is 17.3. The molecule has 2 aliphatic heterocycles. The van der Waals surface area contributed by atoms with Gasteiger partial charge in [0.1, 0.15) is 5.54 Å². The molecule has 32 heavy (non-hydrogen) atoms. The molecular weight excluding hydrogens is 412 g/mol. The standard InChI is InChI=1S/C21H20N8O3/c1-27-19(31)21(25-20(27)32)4-10-28(11-5-21)18(30)15-12-16(14-2-6-22-7-3-14)29(26-15)17-13-23-8-9-24-17/h2-3,6-9,12-13H,4-5,10-11H2,1H3,(H,25,32). The lowest BCUT2D eigenvalue weighted by atomic mass is 9.87. The fraction of sp³-hybridized carbons (Fsp3) is 0.286. The van der Waals surface area contributed by atoms with Crippen LogP contribution in [0, 0.1) is 0 Å². The van der Waals surface area contributed by atoms with Crippen molar-refractivity contribution in [2.45, 2.75) is 18.4 Å². The molecule has 2 saturated heterocycles. The zero-order chi connectivity index (χ0) is 22.3. The highest BCUT2D eigenvalue weighted by molar-refractivity contribution is 6.07. The van der Waals surface area contributed by atoms with E-state index < -0.39 is 11.6 Å². The molecule has 1 spiro atoms. The second-order valence-electron chi connectivity index (χ2n) is 7.79. The average molecular weight is 432 g/mol. The Balaban J connectivity index is 1.42. The summed E-state index contributed by atoms with van der Waals surface area (Å²) in [5.74, 6) is -0.0114.